The van der Waals surface area contributed by atoms with Gasteiger partial charge in [-0.05, 0) is 54.7 Å². The molecule has 6 nitrogen and oxygen atoms in total. The van der Waals surface area contributed by atoms with Crippen LogP contribution in [0.1, 0.15) is 42.9 Å². The molecular weight excluding hydrogens is 390 g/mol. The predicted octanol–water partition coefficient (Wildman–Crippen LogP) is 4.02. The van der Waals surface area contributed by atoms with Crippen molar-refractivity contribution >= 4 is 21.7 Å². The third-order valence-electron chi connectivity index (χ3n) is 6.35. The van der Waals surface area contributed by atoms with E-state index in [0.717, 1.165) is 53.3 Å². The molecule has 1 aliphatic carbocycles. The van der Waals surface area contributed by atoms with Crippen molar-refractivity contribution in [1.29, 1.82) is 0 Å². The molecule has 0 spiro atoms. The molecule has 4 aromatic rings. The third-order valence-corrected chi connectivity index (χ3v) is 6.35. The molecule has 6 heteroatoms. The molecular formula is C25H25N3O3. The van der Waals surface area contributed by atoms with E-state index in [-0.39, 0.29) is 11.6 Å². The lowest BCUT2D eigenvalue weighted by atomic mass is 9.92. The minimum Gasteiger partial charge on any atom is -0.497 e. The quantitative estimate of drug-likeness (QED) is 0.510. The fourth-order valence-electron chi connectivity index (χ4n) is 4.74. The molecule has 0 saturated heterocycles. The highest BCUT2D eigenvalue weighted by Gasteiger charge is 2.26. The molecule has 0 radical (unpaired) electrons. The van der Waals surface area contributed by atoms with Crippen molar-refractivity contribution in [2.75, 3.05) is 7.11 Å². The van der Waals surface area contributed by atoms with Crippen LogP contribution in [0.25, 0.3) is 21.7 Å². The van der Waals surface area contributed by atoms with Crippen molar-refractivity contribution in [2.45, 2.75) is 44.2 Å². The van der Waals surface area contributed by atoms with Gasteiger partial charge in [0.2, 0.25) is 0 Å². The van der Waals surface area contributed by atoms with Gasteiger partial charge in [0.15, 0.2) is 0 Å². The molecule has 0 unspecified atom stereocenters. The van der Waals surface area contributed by atoms with Gasteiger partial charge < -0.3 is 9.84 Å². The molecule has 5 rings (SSSR count). The largest absolute Gasteiger partial charge is 0.497 e. The third kappa shape index (κ3) is 3.57. The Hall–Kier alpha value is -3.25. The van der Waals surface area contributed by atoms with Crippen LogP contribution >= 0.6 is 0 Å². The fraction of sp³-hybridized carbons (Fsp3) is 0.320. The number of hydrogen-bond acceptors (Lipinski definition) is 5. The minimum absolute atomic E-state index is 0.0958. The Morgan fingerprint density at radius 3 is 2.84 bits per heavy atom. The monoisotopic (exact) mass is 415 g/mol. The second-order valence-electron chi connectivity index (χ2n) is 8.26. The Labute approximate surface area is 180 Å². The second kappa shape index (κ2) is 8.12. The summed E-state index contributed by atoms with van der Waals surface area (Å²) in [6.07, 6.45) is 8.83. The molecule has 0 aliphatic heterocycles. The van der Waals surface area contributed by atoms with Crippen LogP contribution in [0.3, 0.4) is 0 Å². The molecule has 2 heterocycles. The number of rotatable bonds is 4. The SMILES string of the molecule is COc1cccc(Cc2cc3c(=O)n([C@H]4CCCC[C@@H]4O)cnc3c3ccncc23)c1. The molecule has 2 aromatic heterocycles. The van der Waals surface area contributed by atoms with Crippen LogP contribution < -0.4 is 10.3 Å². The summed E-state index contributed by atoms with van der Waals surface area (Å²) >= 11 is 0. The lowest BCUT2D eigenvalue weighted by Gasteiger charge is -2.29. The van der Waals surface area contributed by atoms with E-state index in [9.17, 15) is 9.90 Å². The number of aliphatic hydroxyl groups excluding tert-OH is 1. The summed E-state index contributed by atoms with van der Waals surface area (Å²) in [5.41, 5.74) is 2.69. The minimum atomic E-state index is -0.508. The van der Waals surface area contributed by atoms with Gasteiger partial charge in [-0.2, -0.15) is 0 Å². The maximum Gasteiger partial charge on any atom is 0.261 e. The van der Waals surface area contributed by atoms with E-state index in [0.29, 0.717) is 17.3 Å². The zero-order valence-corrected chi connectivity index (χ0v) is 17.5. The van der Waals surface area contributed by atoms with Crippen molar-refractivity contribution in [3.63, 3.8) is 0 Å². The normalized spacial score (nSPS) is 19.0. The smallest absolute Gasteiger partial charge is 0.261 e. The highest BCUT2D eigenvalue weighted by atomic mass is 16.5. The molecule has 0 bridgehead atoms. The van der Waals surface area contributed by atoms with Gasteiger partial charge in [-0.25, -0.2) is 4.98 Å². The summed E-state index contributed by atoms with van der Waals surface area (Å²) in [6, 6.07) is 11.6. The molecule has 1 N–H and O–H groups in total. The Bertz CT molecular complexity index is 1310. The Morgan fingerprint density at radius 2 is 2.00 bits per heavy atom. The highest BCUT2D eigenvalue weighted by molar-refractivity contribution is 6.06. The van der Waals surface area contributed by atoms with E-state index in [1.165, 1.54) is 0 Å². The van der Waals surface area contributed by atoms with E-state index in [4.69, 9.17) is 4.74 Å². The van der Waals surface area contributed by atoms with E-state index in [1.807, 2.05) is 36.5 Å². The molecule has 0 amide bonds. The first-order valence-corrected chi connectivity index (χ1v) is 10.7. The number of aliphatic hydroxyl groups is 1. The van der Waals surface area contributed by atoms with Gasteiger partial charge >= 0.3 is 0 Å². The van der Waals surface area contributed by atoms with Gasteiger partial charge in [-0.3, -0.25) is 14.3 Å². The first-order chi connectivity index (χ1) is 15.2. The first-order valence-electron chi connectivity index (χ1n) is 10.7. The zero-order valence-electron chi connectivity index (χ0n) is 17.5. The van der Waals surface area contributed by atoms with Crippen LogP contribution in [-0.4, -0.2) is 32.9 Å². The molecule has 2 atom stereocenters. The highest BCUT2D eigenvalue weighted by Crippen LogP contribution is 2.30. The van der Waals surface area contributed by atoms with Crippen molar-refractivity contribution < 1.29 is 9.84 Å². The number of ether oxygens (including phenoxy) is 1. The Morgan fingerprint density at radius 1 is 1.13 bits per heavy atom. The summed E-state index contributed by atoms with van der Waals surface area (Å²) in [7, 11) is 1.66. The summed E-state index contributed by atoms with van der Waals surface area (Å²) in [6.45, 7) is 0. The van der Waals surface area contributed by atoms with Gasteiger partial charge in [0, 0.05) is 23.2 Å². The van der Waals surface area contributed by atoms with Crippen molar-refractivity contribution in [3.8, 4) is 5.75 Å². The predicted molar refractivity (Wildman–Crippen MR) is 121 cm³/mol. The van der Waals surface area contributed by atoms with E-state index < -0.39 is 6.10 Å². The van der Waals surface area contributed by atoms with Crippen molar-refractivity contribution in [2.24, 2.45) is 0 Å². The summed E-state index contributed by atoms with van der Waals surface area (Å²) in [5.74, 6) is 0.802. The number of nitrogens with zero attached hydrogens (tertiary/aromatic N) is 3. The fourth-order valence-corrected chi connectivity index (χ4v) is 4.74. The lowest BCUT2D eigenvalue weighted by molar-refractivity contribution is 0.0735. The number of aromatic nitrogens is 3. The second-order valence-corrected chi connectivity index (χ2v) is 8.26. The molecule has 1 aliphatic rings. The number of methoxy groups -OCH3 is 1. The van der Waals surface area contributed by atoms with E-state index in [2.05, 4.69) is 16.0 Å². The van der Waals surface area contributed by atoms with Crippen molar-refractivity contribution in [1.82, 2.24) is 14.5 Å². The van der Waals surface area contributed by atoms with Gasteiger partial charge in [0.05, 0.1) is 36.5 Å². The number of benzene rings is 2. The van der Waals surface area contributed by atoms with Gasteiger partial charge in [0.1, 0.15) is 5.75 Å². The molecule has 2 aromatic carbocycles. The van der Waals surface area contributed by atoms with Crippen LogP contribution in [0.2, 0.25) is 0 Å². The van der Waals surface area contributed by atoms with Crippen LogP contribution in [0.5, 0.6) is 5.75 Å². The Kier molecular flexibility index (Phi) is 5.16. The molecule has 1 saturated carbocycles. The van der Waals surface area contributed by atoms with Crippen LogP contribution in [0.15, 0.2) is 59.9 Å². The average molecular weight is 415 g/mol. The lowest BCUT2D eigenvalue weighted by Crippen LogP contribution is -2.34. The summed E-state index contributed by atoms with van der Waals surface area (Å²) < 4.78 is 7.00. The van der Waals surface area contributed by atoms with Crippen LogP contribution in [0.4, 0.5) is 0 Å². The van der Waals surface area contributed by atoms with Gasteiger partial charge in [0.25, 0.3) is 5.56 Å². The maximum absolute atomic E-state index is 13.5. The zero-order chi connectivity index (χ0) is 21.4. The van der Waals surface area contributed by atoms with Crippen LogP contribution in [0, 0.1) is 0 Å². The van der Waals surface area contributed by atoms with Crippen LogP contribution in [-0.2, 0) is 6.42 Å². The molecule has 31 heavy (non-hydrogen) atoms. The topological polar surface area (TPSA) is 77.2 Å². The number of hydrogen-bond donors (Lipinski definition) is 1. The van der Waals surface area contributed by atoms with Crippen molar-refractivity contribution in [3.05, 3.63) is 76.6 Å². The molecule has 158 valence electrons. The number of fused-ring (bicyclic) bond motifs is 3. The van der Waals surface area contributed by atoms with E-state index >= 15 is 0 Å². The molecule has 1 fully saturated rings. The first kappa shape index (κ1) is 19.7. The maximum atomic E-state index is 13.5. The summed E-state index contributed by atoms with van der Waals surface area (Å²) in [4.78, 5) is 22.5. The number of pyridine rings is 1. The van der Waals surface area contributed by atoms with Gasteiger partial charge in [-0.1, -0.05) is 25.0 Å². The Balaban J connectivity index is 1.69. The summed E-state index contributed by atoms with van der Waals surface area (Å²) in [5, 5.41) is 13.0. The van der Waals surface area contributed by atoms with Gasteiger partial charge in [-0.15, -0.1) is 0 Å². The standard InChI is InChI=1S/C25H25N3O3/c1-31-18-6-4-5-16(12-18)11-17-13-20-24(19-9-10-26-14-21(17)19)27-15-28(25(20)30)22-7-2-3-8-23(22)29/h4-6,9-10,12-15,22-23,29H,2-3,7-8,11H2,1H3/t22-,23-/m0/s1. The average Bonchev–Trinajstić information content (AvgIpc) is 2.81. The van der Waals surface area contributed by atoms with E-state index in [1.54, 1.807) is 24.2 Å².